The Morgan fingerprint density at radius 1 is 1.13 bits per heavy atom. The molecule has 2 rings (SSSR count). The summed E-state index contributed by atoms with van der Waals surface area (Å²) in [5, 5.41) is 14.2. The number of guanidine groups is 1. The molecule has 1 aromatic heterocycles. The fraction of sp³-hybridized carbons (Fsp3) is 0.550. The highest BCUT2D eigenvalue weighted by Crippen LogP contribution is 2.23. The van der Waals surface area contributed by atoms with E-state index in [9.17, 15) is 8.42 Å². The number of sulfone groups is 1. The van der Waals surface area contributed by atoms with Gasteiger partial charge in [-0.1, -0.05) is 39.8 Å². The first-order valence-electron chi connectivity index (χ1n) is 9.82. The van der Waals surface area contributed by atoms with E-state index in [0.29, 0.717) is 23.9 Å². The van der Waals surface area contributed by atoms with E-state index >= 15 is 0 Å². The number of nitrogens with one attached hydrogen (secondary N) is 2. The van der Waals surface area contributed by atoms with Crippen LogP contribution in [0.3, 0.4) is 0 Å². The molecule has 1 heterocycles. The number of aromatic nitrogens is 3. The van der Waals surface area contributed by atoms with Gasteiger partial charge in [0.15, 0.2) is 15.8 Å². The summed E-state index contributed by atoms with van der Waals surface area (Å²) in [6, 6.07) is 7.15. The van der Waals surface area contributed by atoms with E-state index in [2.05, 4.69) is 46.6 Å². The third kappa shape index (κ3) is 7.53. The summed E-state index contributed by atoms with van der Waals surface area (Å²) in [6.07, 6.45) is 2.52. The van der Waals surface area contributed by atoms with Crippen molar-refractivity contribution in [2.45, 2.75) is 51.0 Å². The molecule has 0 unspecified atom stereocenters. The first-order chi connectivity index (χ1) is 13.7. The van der Waals surface area contributed by atoms with Gasteiger partial charge < -0.3 is 15.2 Å². The Balaban J connectivity index is 0.00000450. The van der Waals surface area contributed by atoms with E-state index in [1.54, 1.807) is 25.5 Å². The van der Waals surface area contributed by atoms with Crippen LogP contribution in [0.2, 0.25) is 0 Å². The van der Waals surface area contributed by atoms with Crippen LogP contribution in [-0.2, 0) is 28.2 Å². The molecule has 0 spiro atoms. The van der Waals surface area contributed by atoms with Crippen molar-refractivity contribution in [3.63, 3.8) is 0 Å². The lowest BCUT2D eigenvalue weighted by molar-refractivity contribution is 0.585. The molecule has 0 bridgehead atoms. The summed E-state index contributed by atoms with van der Waals surface area (Å²) in [5.41, 5.74) is 1.10. The molecule has 8 nitrogen and oxygen atoms in total. The zero-order chi connectivity index (χ0) is 21.5. The fourth-order valence-electron chi connectivity index (χ4n) is 2.84. The van der Waals surface area contributed by atoms with Crippen LogP contribution in [0.15, 0.2) is 40.5 Å². The van der Waals surface area contributed by atoms with E-state index in [-0.39, 0.29) is 41.7 Å². The van der Waals surface area contributed by atoms with Crippen LogP contribution in [-0.4, -0.2) is 55.0 Å². The monoisotopic (exact) mass is 548 g/mol. The van der Waals surface area contributed by atoms with Crippen LogP contribution in [0, 0.1) is 0 Å². The van der Waals surface area contributed by atoms with Gasteiger partial charge >= 0.3 is 0 Å². The third-order valence-electron chi connectivity index (χ3n) is 4.62. The maximum absolute atomic E-state index is 12.6. The van der Waals surface area contributed by atoms with Crippen LogP contribution < -0.4 is 10.6 Å². The molecule has 0 amide bonds. The molecule has 2 aromatic rings. The van der Waals surface area contributed by atoms with Gasteiger partial charge in [-0.05, 0) is 23.1 Å². The quantitative estimate of drug-likeness (QED) is 0.299. The maximum atomic E-state index is 12.6. The number of aryl methyl sites for hydroxylation is 1. The average Bonchev–Trinajstić information content (AvgIpc) is 3.13. The summed E-state index contributed by atoms with van der Waals surface area (Å²) >= 11 is 0. The Morgan fingerprint density at radius 3 is 2.33 bits per heavy atom. The van der Waals surface area contributed by atoms with Crippen LogP contribution in [0.1, 0.15) is 39.1 Å². The minimum atomic E-state index is -3.36. The number of rotatable bonds is 8. The lowest BCUT2D eigenvalue weighted by Crippen LogP contribution is -2.40. The Hall–Kier alpha value is -1.69. The molecule has 168 valence electrons. The van der Waals surface area contributed by atoms with Crippen LogP contribution in [0.25, 0.3) is 0 Å². The largest absolute Gasteiger partial charge is 0.355 e. The molecule has 1 aromatic carbocycles. The molecule has 0 fully saturated rings. The number of hydrogen-bond donors (Lipinski definition) is 2. The van der Waals surface area contributed by atoms with E-state index in [4.69, 9.17) is 0 Å². The predicted molar refractivity (Wildman–Crippen MR) is 131 cm³/mol. The van der Waals surface area contributed by atoms with Gasteiger partial charge in [0.25, 0.3) is 0 Å². The average molecular weight is 548 g/mol. The normalized spacial score (nSPS) is 12.4. The SMILES string of the molecule is CCc1nncn1CCNC(=NC)NCCS(=O)(=O)c1ccc(C(C)(C)C)cc1.I. The molecule has 30 heavy (non-hydrogen) atoms. The molecule has 0 aliphatic rings. The van der Waals surface area contributed by atoms with Gasteiger partial charge in [-0.25, -0.2) is 8.42 Å². The second kappa shape index (κ2) is 11.6. The summed E-state index contributed by atoms with van der Waals surface area (Å²) in [7, 11) is -1.70. The van der Waals surface area contributed by atoms with Crippen molar-refractivity contribution in [3.05, 3.63) is 42.0 Å². The van der Waals surface area contributed by atoms with Crippen LogP contribution in [0.4, 0.5) is 0 Å². The van der Waals surface area contributed by atoms with Gasteiger partial charge in [-0.3, -0.25) is 4.99 Å². The van der Waals surface area contributed by atoms with Crippen molar-refractivity contribution < 1.29 is 8.42 Å². The van der Waals surface area contributed by atoms with Gasteiger partial charge in [-0.15, -0.1) is 34.2 Å². The lowest BCUT2D eigenvalue weighted by Gasteiger charge is -2.19. The van der Waals surface area contributed by atoms with E-state index < -0.39 is 9.84 Å². The van der Waals surface area contributed by atoms with Crippen molar-refractivity contribution in [1.29, 1.82) is 0 Å². The fourth-order valence-corrected chi connectivity index (χ4v) is 4.00. The minimum absolute atomic E-state index is 0. The van der Waals surface area contributed by atoms with Crippen molar-refractivity contribution in [2.24, 2.45) is 4.99 Å². The number of hydrogen-bond acceptors (Lipinski definition) is 5. The number of halogens is 1. The molecule has 0 saturated heterocycles. The molecule has 0 aliphatic carbocycles. The molecule has 0 aliphatic heterocycles. The summed E-state index contributed by atoms with van der Waals surface area (Å²) in [4.78, 5) is 4.48. The van der Waals surface area contributed by atoms with Crippen LogP contribution in [0.5, 0.6) is 0 Å². The number of nitrogens with zero attached hydrogens (tertiary/aromatic N) is 4. The molecule has 0 radical (unpaired) electrons. The Labute approximate surface area is 196 Å². The lowest BCUT2D eigenvalue weighted by atomic mass is 9.87. The molecule has 2 N–H and O–H groups in total. The van der Waals surface area contributed by atoms with E-state index in [1.807, 2.05) is 23.6 Å². The van der Waals surface area contributed by atoms with Gasteiger partial charge in [-0.2, -0.15) is 0 Å². The molecular formula is C20H33IN6O2S. The second-order valence-electron chi connectivity index (χ2n) is 7.81. The topological polar surface area (TPSA) is 101 Å². The van der Waals surface area contributed by atoms with E-state index in [1.165, 1.54) is 0 Å². The highest BCUT2D eigenvalue weighted by atomic mass is 127. The highest BCUT2D eigenvalue weighted by molar-refractivity contribution is 14.0. The number of aliphatic imine (C=N–C) groups is 1. The van der Waals surface area contributed by atoms with Gasteiger partial charge in [0.1, 0.15) is 12.2 Å². The van der Waals surface area contributed by atoms with Gasteiger partial charge in [0, 0.05) is 33.1 Å². The Bertz CT molecular complexity index is 918. The molecule has 10 heteroatoms. The third-order valence-corrected chi connectivity index (χ3v) is 6.36. The molecule has 0 atom stereocenters. The molecule has 0 saturated carbocycles. The van der Waals surface area contributed by atoms with Crippen molar-refractivity contribution in [3.8, 4) is 0 Å². The predicted octanol–water partition coefficient (Wildman–Crippen LogP) is 2.39. The Kier molecular flexibility index (Phi) is 10.2. The van der Waals surface area contributed by atoms with Gasteiger partial charge in [0.05, 0.1) is 10.6 Å². The zero-order valence-corrected chi connectivity index (χ0v) is 21.5. The second-order valence-corrected chi connectivity index (χ2v) is 9.92. The first kappa shape index (κ1) is 26.3. The summed E-state index contributed by atoms with van der Waals surface area (Å²) in [6.45, 7) is 9.95. The minimum Gasteiger partial charge on any atom is -0.355 e. The standard InChI is InChI=1S/C20H32N6O2S.HI/c1-6-18-25-24-15-26(18)13-11-22-19(21-5)23-12-14-29(27,28)17-9-7-16(8-10-17)20(2,3)4;/h7-10,15H,6,11-14H2,1-5H3,(H2,21,22,23);1H. The highest BCUT2D eigenvalue weighted by Gasteiger charge is 2.17. The van der Waals surface area contributed by atoms with Crippen LogP contribution >= 0.6 is 24.0 Å². The van der Waals surface area contributed by atoms with Crippen molar-refractivity contribution in [2.75, 3.05) is 25.9 Å². The van der Waals surface area contributed by atoms with Gasteiger partial charge in [0.2, 0.25) is 0 Å². The smallest absolute Gasteiger partial charge is 0.191 e. The maximum Gasteiger partial charge on any atom is 0.191 e. The van der Waals surface area contributed by atoms with E-state index in [0.717, 1.165) is 17.8 Å². The first-order valence-corrected chi connectivity index (χ1v) is 11.5. The summed E-state index contributed by atoms with van der Waals surface area (Å²) in [5.74, 6) is 1.49. The van der Waals surface area contributed by atoms with Crippen molar-refractivity contribution in [1.82, 2.24) is 25.4 Å². The Morgan fingerprint density at radius 2 is 1.77 bits per heavy atom. The molecular weight excluding hydrogens is 515 g/mol. The number of benzene rings is 1. The zero-order valence-electron chi connectivity index (χ0n) is 18.3. The summed E-state index contributed by atoms with van der Waals surface area (Å²) < 4.78 is 27.1. The van der Waals surface area contributed by atoms with Crippen molar-refractivity contribution >= 4 is 39.8 Å².